The van der Waals surface area contributed by atoms with Crippen LogP contribution in [0.2, 0.25) is 0 Å². The van der Waals surface area contributed by atoms with E-state index in [4.69, 9.17) is 5.11 Å². The number of carboxylic acids is 1. The number of carboxylic acid groups (broad SMARTS) is 1. The van der Waals surface area contributed by atoms with E-state index in [9.17, 15) is 4.79 Å². The average Bonchev–Trinajstić information content (AvgIpc) is 2.27. The van der Waals surface area contributed by atoms with Crippen molar-refractivity contribution in [2.24, 2.45) is 5.41 Å². The first-order chi connectivity index (χ1) is 7.12. The standard InChI is InChI=1S/C12H23NO2/c1-3-12(4-2)6-9-13(10-7-12)8-5-11(14)15/h3-10H2,1-2H3,(H,14,15). The van der Waals surface area contributed by atoms with Gasteiger partial charge in [0.25, 0.3) is 0 Å². The molecule has 0 bridgehead atoms. The Morgan fingerprint density at radius 1 is 1.27 bits per heavy atom. The largest absolute Gasteiger partial charge is 0.481 e. The van der Waals surface area contributed by atoms with Crippen molar-refractivity contribution in [1.29, 1.82) is 0 Å². The van der Waals surface area contributed by atoms with Crippen LogP contribution in [0, 0.1) is 5.41 Å². The SMILES string of the molecule is CCC1(CC)CCN(CCC(=O)O)CC1. The van der Waals surface area contributed by atoms with Gasteiger partial charge in [-0.1, -0.05) is 26.7 Å². The van der Waals surface area contributed by atoms with E-state index >= 15 is 0 Å². The topological polar surface area (TPSA) is 40.5 Å². The smallest absolute Gasteiger partial charge is 0.304 e. The molecule has 0 spiro atoms. The number of rotatable bonds is 5. The molecule has 0 unspecified atom stereocenters. The molecule has 1 heterocycles. The van der Waals surface area contributed by atoms with Crippen molar-refractivity contribution in [2.45, 2.75) is 46.0 Å². The molecule has 0 aliphatic carbocycles. The van der Waals surface area contributed by atoms with Gasteiger partial charge in [-0.3, -0.25) is 4.79 Å². The van der Waals surface area contributed by atoms with Crippen LogP contribution in [0.5, 0.6) is 0 Å². The molecule has 1 fully saturated rings. The lowest BCUT2D eigenvalue weighted by atomic mass is 9.74. The Morgan fingerprint density at radius 3 is 2.20 bits per heavy atom. The van der Waals surface area contributed by atoms with E-state index in [1.165, 1.54) is 25.7 Å². The van der Waals surface area contributed by atoms with E-state index in [0.29, 0.717) is 5.41 Å². The second kappa shape index (κ2) is 5.50. The van der Waals surface area contributed by atoms with Gasteiger partial charge in [-0.05, 0) is 31.3 Å². The Kier molecular flexibility index (Phi) is 4.58. The lowest BCUT2D eigenvalue weighted by molar-refractivity contribution is -0.137. The summed E-state index contributed by atoms with van der Waals surface area (Å²) in [5, 5.41) is 8.61. The molecule has 15 heavy (non-hydrogen) atoms. The normalized spacial score (nSPS) is 21.5. The third kappa shape index (κ3) is 3.49. The molecule has 0 aromatic heterocycles. The van der Waals surface area contributed by atoms with Gasteiger partial charge in [0.1, 0.15) is 0 Å². The molecule has 1 N–H and O–H groups in total. The summed E-state index contributed by atoms with van der Waals surface area (Å²) < 4.78 is 0. The highest BCUT2D eigenvalue weighted by Gasteiger charge is 2.30. The second-order valence-corrected chi connectivity index (χ2v) is 4.69. The summed E-state index contributed by atoms with van der Waals surface area (Å²) in [4.78, 5) is 12.7. The van der Waals surface area contributed by atoms with Gasteiger partial charge < -0.3 is 10.0 Å². The molecular formula is C12H23NO2. The molecule has 1 saturated heterocycles. The Morgan fingerprint density at radius 2 is 1.80 bits per heavy atom. The predicted molar refractivity (Wildman–Crippen MR) is 60.9 cm³/mol. The quantitative estimate of drug-likeness (QED) is 0.762. The molecule has 3 nitrogen and oxygen atoms in total. The first kappa shape index (κ1) is 12.5. The van der Waals surface area contributed by atoms with Crippen LogP contribution in [0.15, 0.2) is 0 Å². The minimum absolute atomic E-state index is 0.283. The van der Waals surface area contributed by atoms with Gasteiger partial charge in [0.05, 0.1) is 6.42 Å². The molecular weight excluding hydrogens is 190 g/mol. The zero-order valence-corrected chi connectivity index (χ0v) is 9.96. The Bertz CT molecular complexity index is 202. The number of likely N-dealkylation sites (tertiary alicyclic amines) is 1. The van der Waals surface area contributed by atoms with Crippen LogP contribution in [0.3, 0.4) is 0 Å². The maximum Gasteiger partial charge on any atom is 0.304 e. The molecule has 1 aliphatic rings. The average molecular weight is 213 g/mol. The first-order valence-electron chi connectivity index (χ1n) is 6.06. The fourth-order valence-electron chi connectivity index (χ4n) is 2.46. The zero-order chi connectivity index (χ0) is 11.3. The van der Waals surface area contributed by atoms with Gasteiger partial charge in [0, 0.05) is 6.54 Å². The molecule has 1 aliphatic heterocycles. The number of hydrogen-bond acceptors (Lipinski definition) is 2. The van der Waals surface area contributed by atoms with E-state index in [1.54, 1.807) is 0 Å². The fourth-order valence-corrected chi connectivity index (χ4v) is 2.46. The number of carbonyl (C=O) groups is 1. The molecule has 1 rings (SSSR count). The summed E-state index contributed by atoms with van der Waals surface area (Å²) >= 11 is 0. The van der Waals surface area contributed by atoms with Gasteiger partial charge >= 0.3 is 5.97 Å². The molecule has 0 aromatic rings. The molecule has 88 valence electrons. The highest BCUT2D eigenvalue weighted by atomic mass is 16.4. The van der Waals surface area contributed by atoms with Crippen LogP contribution in [-0.2, 0) is 4.79 Å². The van der Waals surface area contributed by atoms with Crippen molar-refractivity contribution in [3.63, 3.8) is 0 Å². The van der Waals surface area contributed by atoms with Crippen LogP contribution in [0.1, 0.15) is 46.0 Å². The molecule has 0 radical (unpaired) electrons. The van der Waals surface area contributed by atoms with Crippen molar-refractivity contribution < 1.29 is 9.90 Å². The van der Waals surface area contributed by atoms with Crippen molar-refractivity contribution in [3.8, 4) is 0 Å². The van der Waals surface area contributed by atoms with E-state index in [0.717, 1.165) is 19.6 Å². The van der Waals surface area contributed by atoms with Crippen LogP contribution in [0.4, 0.5) is 0 Å². The number of piperidine rings is 1. The molecule has 0 atom stereocenters. The Labute approximate surface area is 92.5 Å². The third-order valence-corrected chi connectivity index (χ3v) is 4.06. The van der Waals surface area contributed by atoms with Gasteiger partial charge in [-0.2, -0.15) is 0 Å². The summed E-state index contributed by atoms with van der Waals surface area (Å²) in [6.07, 6.45) is 5.27. The maximum absolute atomic E-state index is 10.5. The third-order valence-electron chi connectivity index (χ3n) is 4.06. The predicted octanol–water partition coefficient (Wildman–Crippen LogP) is 2.36. The van der Waals surface area contributed by atoms with Crippen molar-refractivity contribution in [3.05, 3.63) is 0 Å². The van der Waals surface area contributed by atoms with Gasteiger partial charge in [0.2, 0.25) is 0 Å². The molecule has 0 amide bonds. The van der Waals surface area contributed by atoms with Crippen molar-refractivity contribution in [2.75, 3.05) is 19.6 Å². The van der Waals surface area contributed by atoms with Crippen molar-refractivity contribution >= 4 is 5.97 Å². The summed E-state index contributed by atoms with van der Waals surface area (Å²) in [5.74, 6) is -0.683. The van der Waals surface area contributed by atoms with Crippen LogP contribution < -0.4 is 0 Å². The minimum atomic E-state index is -0.683. The van der Waals surface area contributed by atoms with Crippen LogP contribution in [-0.4, -0.2) is 35.6 Å². The highest BCUT2D eigenvalue weighted by Crippen LogP contribution is 2.37. The number of hydrogen-bond donors (Lipinski definition) is 1. The fraction of sp³-hybridized carbons (Fsp3) is 0.917. The zero-order valence-electron chi connectivity index (χ0n) is 9.96. The van der Waals surface area contributed by atoms with E-state index in [-0.39, 0.29) is 6.42 Å². The van der Waals surface area contributed by atoms with Crippen molar-refractivity contribution in [1.82, 2.24) is 4.90 Å². The number of nitrogens with zero attached hydrogens (tertiary/aromatic N) is 1. The lowest BCUT2D eigenvalue weighted by Gasteiger charge is -2.40. The molecule has 0 saturated carbocycles. The van der Waals surface area contributed by atoms with E-state index < -0.39 is 5.97 Å². The maximum atomic E-state index is 10.5. The van der Waals surface area contributed by atoms with Gasteiger partial charge in [-0.25, -0.2) is 0 Å². The summed E-state index contributed by atoms with van der Waals surface area (Å²) in [6.45, 7) is 7.43. The van der Waals surface area contributed by atoms with E-state index in [2.05, 4.69) is 18.7 Å². The lowest BCUT2D eigenvalue weighted by Crippen LogP contribution is -2.40. The monoisotopic (exact) mass is 213 g/mol. The van der Waals surface area contributed by atoms with Crippen LogP contribution in [0.25, 0.3) is 0 Å². The summed E-state index contributed by atoms with van der Waals surface area (Å²) in [6, 6.07) is 0. The molecule has 0 aromatic carbocycles. The molecule has 3 heteroatoms. The second-order valence-electron chi connectivity index (χ2n) is 4.69. The number of aliphatic carboxylic acids is 1. The first-order valence-corrected chi connectivity index (χ1v) is 6.06. The summed E-state index contributed by atoms with van der Waals surface area (Å²) in [5.41, 5.74) is 0.541. The minimum Gasteiger partial charge on any atom is -0.481 e. The van der Waals surface area contributed by atoms with Gasteiger partial charge in [0.15, 0.2) is 0 Å². The Balaban J connectivity index is 2.31. The highest BCUT2D eigenvalue weighted by molar-refractivity contribution is 5.66. The Hall–Kier alpha value is -0.570. The van der Waals surface area contributed by atoms with Gasteiger partial charge in [-0.15, -0.1) is 0 Å². The van der Waals surface area contributed by atoms with E-state index in [1.807, 2.05) is 0 Å². The summed E-state index contributed by atoms with van der Waals surface area (Å²) in [7, 11) is 0. The van der Waals surface area contributed by atoms with Crippen LogP contribution >= 0.6 is 0 Å².